The molecule has 1 saturated heterocycles. The van der Waals surface area contributed by atoms with Gasteiger partial charge in [-0.25, -0.2) is 4.79 Å². The molecule has 0 bridgehead atoms. The number of carbonyl (C=O) groups is 1. The molecule has 5 nitrogen and oxygen atoms in total. The van der Waals surface area contributed by atoms with Gasteiger partial charge in [0.05, 0.1) is 18.5 Å². The standard InChI is InChI=1S/C17H21N3O2/c1-2-22-17(21)19-14-7-9-20(10-8-14)16-12-18-11-13-5-3-4-6-15(13)16/h3-6,11-12,14H,2,7-10H2,1H3,(H,19,21). The van der Waals surface area contributed by atoms with Gasteiger partial charge in [0, 0.05) is 36.1 Å². The number of alkyl carbamates (subject to hydrolysis) is 1. The van der Waals surface area contributed by atoms with Gasteiger partial charge in [-0.1, -0.05) is 24.3 Å². The average molecular weight is 299 g/mol. The molecule has 3 rings (SSSR count). The molecule has 0 aliphatic carbocycles. The van der Waals surface area contributed by atoms with E-state index < -0.39 is 0 Å². The zero-order chi connectivity index (χ0) is 15.4. The van der Waals surface area contributed by atoms with E-state index in [0.717, 1.165) is 31.3 Å². The molecule has 0 atom stereocenters. The average Bonchev–Trinajstić information content (AvgIpc) is 2.55. The second kappa shape index (κ2) is 6.64. The Balaban J connectivity index is 1.67. The molecule has 1 aliphatic rings. The molecule has 1 aromatic carbocycles. The maximum absolute atomic E-state index is 11.5. The van der Waals surface area contributed by atoms with Crippen molar-refractivity contribution in [3.8, 4) is 0 Å². The highest BCUT2D eigenvalue weighted by Crippen LogP contribution is 2.27. The third kappa shape index (κ3) is 3.13. The largest absolute Gasteiger partial charge is 0.450 e. The summed E-state index contributed by atoms with van der Waals surface area (Å²) in [7, 11) is 0. The number of nitrogens with zero attached hydrogens (tertiary/aromatic N) is 2. The van der Waals surface area contributed by atoms with Crippen LogP contribution in [0.5, 0.6) is 0 Å². The van der Waals surface area contributed by atoms with E-state index in [2.05, 4.69) is 33.4 Å². The van der Waals surface area contributed by atoms with Crippen LogP contribution < -0.4 is 10.2 Å². The molecule has 1 aromatic heterocycles. The molecule has 1 fully saturated rings. The number of hydrogen-bond acceptors (Lipinski definition) is 4. The third-order valence-electron chi connectivity index (χ3n) is 4.08. The van der Waals surface area contributed by atoms with Gasteiger partial charge in [0.15, 0.2) is 0 Å². The molecular formula is C17H21N3O2. The van der Waals surface area contributed by atoms with Crippen LogP contribution in [-0.2, 0) is 4.74 Å². The van der Waals surface area contributed by atoms with Crippen molar-refractivity contribution in [3.63, 3.8) is 0 Å². The Labute approximate surface area is 130 Å². The number of amides is 1. The van der Waals surface area contributed by atoms with Crippen LogP contribution >= 0.6 is 0 Å². The number of piperidine rings is 1. The van der Waals surface area contributed by atoms with Crippen LogP contribution in [0.25, 0.3) is 10.8 Å². The van der Waals surface area contributed by atoms with Crippen LogP contribution in [0.2, 0.25) is 0 Å². The summed E-state index contributed by atoms with van der Waals surface area (Å²) in [5, 5.41) is 5.32. The number of nitrogens with one attached hydrogen (secondary N) is 1. The zero-order valence-corrected chi connectivity index (χ0v) is 12.8. The quantitative estimate of drug-likeness (QED) is 0.946. The summed E-state index contributed by atoms with van der Waals surface area (Å²) in [6.07, 6.45) is 5.35. The van der Waals surface area contributed by atoms with Crippen molar-refractivity contribution in [2.75, 3.05) is 24.6 Å². The fraction of sp³-hybridized carbons (Fsp3) is 0.412. The van der Waals surface area contributed by atoms with Crippen molar-refractivity contribution >= 4 is 22.6 Å². The summed E-state index contributed by atoms with van der Waals surface area (Å²) < 4.78 is 4.94. The van der Waals surface area contributed by atoms with E-state index >= 15 is 0 Å². The topological polar surface area (TPSA) is 54.5 Å². The number of ether oxygens (including phenoxy) is 1. The Hall–Kier alpha value is -2.30. The van der Waals surface area contributed by atoms with Crippen LogP contribution in [0.4, 0.5) is 10.5 Å². The van der Waals surface area contributed by atoms with Gasteiger partial charge < -0.3 is 15.0 Å². The number of rotatable bonds is 3. The highest BCUT2D eigenvalue weighted by molar-refractivity contribution is 5.93. The Kier molecular flexibility index (Phi) is 4.42. The molecule has 2 heterocycles. The summed E-state index contributed by atoms with van der Waals surface area (Å²) in [6, 6.07) is 8.50. The van der Waals surface area contributed by atoms with Crippen LogP contribution in [0, 0.1) is 0 Å². The van der Waals surface area contributed by atoms with E-state index in [0.29, 0.717) is 6.61 Å². The van der Waals surface area contributed by atoms with Gasteiger partial charge >= 0.3 is 6.09 Å². The second-order valence-electron chi connectivity index (χ2n) is 5.51. The molecule has 2 aromatic rings. The van der Waals surface area contributed by atoms with Gasteiger partial charge in [-0.05, 0) is 19.8 Å². The molecule has 22 heavy (non-hydrogen) atoms. The lowest BCUT2D eigenvalue weighted by atomic mass is 10.0. The number of benzene rings is 1. The van der Waals surface area contributed by atoms with Gasteiger partial charge in [0.1, 0.15) is 0 Å². The normalized spacial score (nSPS) is 15.8. The lowest BCUT2D eigenvalue weighted by molar-refractivity contribution is 0.146. The highest BCUT2D eigenvalue weighted by atomic mass is 16.5. The van der Waals surface area contributed by atoms with E-state index in [-0.39, 0.29) is 12.1 Å². The molecule has 0 radical (unpaired) electrons. The SMILES string of the molecule is CCOC(=O)NC1CCN(c2cncc3ccccc23)CC1. The first-order valence-corrected chi connectivity index (χ1v) is 7.79. The molecule has 1 aliphatic heterocycles. The molecule has 0 unspecified atom stereocenters. The van der Waals surface area contributed by atoms with Crippen molar-refractivity contribution in [1.82, 2.24) is 10.3 Å². The minimum atomic E-state index is -0.312. The number of anilines is 1. The predicted octanol–water partition coefficient (Wildman–Crippen LogP) is 2.95. The number of pyridine rings is 1. The molecule has 0 spiro atoms. The van der Waals surface area contributed by atoms with Crippen molar-refractivity contribution in [1.29, 1.82) is 0 Å². The monoisotopic (exact) mass is 299 g/mol. The highest BCUT2D eigenvalue weighted by Gasteiger charge is 2.22. The summed E-state index contributed by atoms with van der Waals surface area (Å²) in [4.78, 5) is 18.2. The number of carbonyl (C=O) groups excluding carboxylic acids is 1. The maximum atomic E-state index is 11.5. The molecule has 1 N–H and O–H groups in total. The Morgan fingerprint density at radius 2 is 2.09 bits per heavy atom. The smallest absolute Gasteiger partial charge is 0.407 e. The number of aromatic nitrogens is 1. The second-order valence-corrected chi connectivity index (χ2v) is 5.51. The van der Waals surface area contributed by atoms with E-state index in [4.69, 9.17) is 4.74 Å². The van der Waals surface area contributed by atoms with Crippen LogP contribution in [0.1, 0.15) is 19.8 Å². The van der Waals surface area contributed by atoms with E-state index in [1.165, 1.54) is 11.1 Å². The van der Waals surface area contributed by atoms with Crippen LogP contribution in [0.15, 0.2) is 36.7 Å². The van der Waals surface area contributed by atoms with Crippen molar-refractivity contribution in [2.24, 2.45) is 0 Å². The lowest BCUT2D eigenvalue weighted by Gasteiger charge is -2.34. The summed E-state index contributed by atoms with van der Waals surface area (Å²) in [6.45, 7) is 4.04. The molecule has 5 heteroatoms. The summed E-state index contributed by atoms with van der Waals surface area (Å²) in [5.74, 6) is 0. The fourth-order valence-corrected chi connectivity index (χ4v) is 2.96. The van der Waals surface area contributed by atoms with Crippen molar-refractivity contribution in [2.45, 2.75) is 25.8 Å². The Morgan fingerprint density at radius 1 is 1.32 bits per heavy atom. The zero-order valence-electron chi connectivity index (χ0n) is 12.8. The summed E-state index contributed by atoms with van der Waals surface area (Å²) in [5.41, 5.74) is 1.17. The third-order valence-corrected chi connectivity index (χ3v) is 4.08. The number of fused-ring (bicyclic) bond motifs is 1. The molecule has 1 amide bonds. The van der Waals surface area contributed by atoms with Gasteiger partial charge in [-0.15, -0.1) is 0 Å². The fourth-order valence-electron chi connectivity index (χ4n) is 2.96. The van der Waals surface area contributed by atoms with Gasteiger partial charge in [-0.3, -0.25) is 4.98 Å². The van der Waals surface area contributed by atoms with E-state index in [9.17, 15) is 4.79 Å². The van der Waals surface area contributed by atoms with Gasteiger partial charge in [0.2, 0.25) is 0 Å². The van der Waals surface area contributed by atoms with E-state index in [1.54, 1.807) is 0 Å². The molecule has 0 saturated carbocycles. The van der Waals surface area contributed by atoms with Crippen LogP contribution in [0.3, 0.4) is 0 Å². The van der Waals surface area contributed by atoms with E-state index in [1.807, 2.05) is 25.4 Å². The Morgan fingerprint density at radius 3 is 2.86 bits per heavy atom. The van der Waals surface area contributed by atoms with Crippen molar-refractivity contribution in [3.05, 3.63) is 36.7 Å². The first-order chi connectivity index (χ1) is 10.8. The first-order valence-electron chi connectivity index (χ1n) is 7.79. The van der Waals surface area contributed by atoms with Crippen molar-refractivity contribution < 1.29 is 9.53 Å². The maximum Gasteiger partial charge on any atom is 0.407 e. The Bertz CT molecular complexity index is 646. The first kappa shape index (κ1) is 14.6. The predicted molar refractivity (Wildman–Crippen MR) is 87.1 cm³/mol. The molecule has 116 valence electrons. The minimum absolute atomic E-state index is 0.193. The number of hydrogen-bond donors (Lipinski definition) is 1. The lowest BCUT2D eigenvalue weighted by Crippen LogP contribution is -2.45. The van der Waals surface area contributed by atoms with Gasteiger partial charge in [-0.2, -0.15) is 0 Å². The van der Waals surface area contributed by atoms with Gasteiger partial charge in [0.25, 0.3) is 0 Å². The van der Waals surface area contributed by atoms with Crippen LogP contribution in [-0.4, -0.2) is 36.8 Å². The molecular weight excluding hydrogens is 278 g/mol. The summed E-state index contributed by atoms with van der Waals surface area (Å²) >= 11 is 0. The minimum Gasteiger partial charge on any atom is -0.450 e.